The van der Waals surface area contributed by atoms with E-state index in [2.05, 4.69) is 65.3 Å². The van der Waals surface area contributed by atoms with Gasteiger partial charge in [0.25, 0.3) is 0 Å². The lowest BCUT2D eigenvalue weighted by molar-refractivity contribution is 0.590. The number of benzene rings is 2. The molecule has 0 spiro atoms. The van der Waals surface area contributed by atoms with E-state index in [9.17, 15) is 0 Å². The molecular formula is C22H19ClN6. The van der Waals surface area contributed by atoms with Crippen LogP contribution in [0.1, 0.15) is 26.3 Å². The third kappa shape index (κ3) is 2.96. The normalized spacial score (nSPS) is 12.1. The standard InChI is InChI=1S/C22H19ClN6/c1-22(2,3)15-9-7-14(8-10-15)19-26-27-21-18-12-25-29(20(18)24-13-28(19)21)17-6-4-5-16(23)11-17/h4-13H,1-3H3. The number of aromatic nitrogens is 6. The first-order valence-electron chi connectivity index (χ1n) is 9.36. The van der Waals surface area contributed by atoms with Crippen LogP contribution in [0.3, 0.4) is 0 Å². The van der Waals surface area contributed by atoms with Crippen molar-refractivity contribution in [2.45, 2.75) is 26.2 Å². The fourth-order valence-electron chi connectivity index (χ4n) is 3.43. The zero-order valence-corrected chi connectivity index (χ0v) is 17.1. The quantitative estimate of drug-likeness (QED) is 0.413. The summed E-state index contributed by atoms with van der Waals surface area (Å²) in [6.45, 7) is 6.60. The molecule has 0 amide bonds. The first-order chi connectivity index (χ1) is 13.9. The van der Waals surface area contributed by atoms with Crippen molar-refractivity contribution in [2.75, 3.05) is 0 Å². The van der Waals surface area contributed by atoms with E-state index in [1.165, 1.54) is 5.56 Å². The second-order valence-electron chi connectivity index (χ2n) is 8.06. The monoisotopic (exact) mass is 402 g/mol. The summed E-state index contributed by atoms with van der Waals surface area (Å²) in [5, 5.41) is 14.8. The van der Waals surface area contributed by atoms with Crippen molar-refractivity contribution in [3.63, 3.8) is 0 Å². The highest BCUT2D eigenvalue weighted by Gasteiger charge is 2.17. The van der Waals surface area contributed by atoms with Crippen LogP contribution in [-0.2, 0) is 5.41 Å². The third-order valence-electron chi connectivity index (χ3n) is 5.04. The molecule has 0 saturated heterocycles. The fraction of sp³-hybridized carbons (Fsp3) is 0.182. The van der Waals surface area contributed by atoms with Gasteiger partial charge in [-0.3, -0.25) is 4.40 Å². The molecule has 29 heavy (non-hydrogen) atoms. The number of nitrogens with zero attached hydrogens (tertiary/aromatic N) is 6. The van der Waals surface area contributed by atoms with Crippen LogP contribution >= 0.6 is 11.6 Å². The maximum Gasteiger partial charge on any atom is 0.175 e. The summed E-state index contributed by atoms with van der Waals surface area (Å²) >= 11 is 6.13. The molecular weight excluding hydrogens is 384 g/mol. The molecule has 0 N–H and O–H groups in total. The average Bonchev–Trinajstić information content (AvgIpc) is 3.31. The van der Waals surface area contributed by atoms with Crippen LogP contribution in [0.4, 0.5) is 0 Å². The molecule has 0 aliphatic rings. The van der Waals surface area contributed by atoms with Gasteiger partial charge in [-0.25, -0.2) is 9.67 Å². The Balaban J connectivity index is 1.63. The second kappa shape index (κ2) is 6.39. The molecule has 144 valence electrons. The Labute approximate surface area is 172 Å². The van der Waals surface area contributed by atoms with Crippen LogP contribution < -0.4 is 0 Å². The fourth-order valence-corrected chi connectivity index (χ4v) is 3.62. The van der Waals surface area contributed by atoms with E-state index in [-0.39, 0.29) is 5.41 Å². The van der Waals surface area contributed by atoms with E-state index in [0.717, 1.165) is 28.1 Å². The van der Waals surface area contributed by atoms with Gasteiger partial charge in [0.15, 0.2) is 17.1 Å². The van der Waals surface area contributed by atoms with E-state index in [1.807, 2.05) is 28.7 Å². The van der Waals surface area contributed by atoms with E-state index in [1.54, 1.807) is 17.2 Å². The van der Waals surface area contributed by atoms with Gasteiger partial charge in [0.2, 0.25) is 0 Å². The third-order valence-corrected chi connectivity index (χ3v) is 5.27. The van der Waals surface area contributed by atoms with Gasteiger partial charge in [-0.1, -0.05) is 62.7 Å². The maximum absolute atomic E-state index is 6.13. The molecule has 0 saturated carbocycles. The lowest BCUT2D eigenvalue weighted by Crippen LogP contribution is -2.10. The Morgan fingerprint density at radius 1 is 0.931 bits per heavy atom. The van der Waals surface area contributed by atoms with E-state index >= 15 is 0 Å². The summed E-state index contributed by atoms with van der Waals surface area (Å²) in [6, 6.07) is 16.0. The molecule has 3 heterocycles. The molecule has 5 aromatic rings. The minimum absolute atomic E-state index is 0.105. The van der Waals surface area contributed by atoms with Gasteiger partial charge >= 0.3 is 0 Å². The lowest BCUT2D eigenvalue weighted by atomic mass is 9.87. The molecule has 0 bridgehead atoms. The number of hydrogen-bond donors (Lipinski definition) is 0. The topological polar surface area (TPSA) is 60.9 Å². The van der Waals surface area contributed by atoms with Crippen LogP contribution in [0.5, 0.6) is 0 Å². The highest BCUT2D eigenvalue weighted by Crippen LogP contribution is 2.27. The number of fused-ring (bicyclic) bond motifs is 3. The van der Waals surface area contributed by atoms with Crippen LogP contribution in [0, 0.1) is 0 Å². The summed E-state index contributed by atoms with van der Waals surface area (Å²) in [7, 11) is 0. The lowest BCUT2D eigenvalue weighted by Gasteiger charge is -2.18. The first kappa shape index (κ1) is 17.8. The molecule has 2 aromatic carbocycles. The van der Waals surface area contributed by atoms with Crippen molar-refractivity contribution in [2.24, 2.45) is 0 Å². The van der Waals surface area contributed by atoms with Crippen LogP contribution in [0.25, 0.3) is 33.8 Å². The van der Waals surface area contributed by atoms with Gasteiger partial charge in [0.1, 0.15) is 6.33 Å². The summed E-state index contributed by atoms with van der Waals surface area (Å²) in [5.74, 6) is 0.755. The predicted octanol–water partition coefficient (Wildman–Crippen LogP) is 5.08. The van der Waals surface area contributed by atoms with Crippen LogP contribution in [-0.4, -0.2) is 29.4 Å². The Morgan fingerprint density at radius 3 is 2.45 bits per heavy atom. The molecule has 0 atom stereocenters. The molecule has 0 radical (unpaired) electrons. The molecule has 0 aliphatic carbocycles. The van der Waals surface area contributed by atoms with Gasteiger partial charge in [0, 0.05) is 10.6 Å². The molecule has 5 rings (SSSR count). The summed E-state index contributed by atoms with van der Waals surface area (Å²) in [4.78, 5) is 4.63. The van der Waals surface area contributed by atoms with Gasteiger partial charge in [-0.2, -0.15) is 5.10 Å². The summed E-state index contributed by atoms with van der Waals surface area (Å²) in [5.41, 5.74) is 4.66. The molecule has 0 fully saturated rings. The van der Waals surface area contributed by atoms with Crippen molar-refractivity contribution in [3.8, 4) is 17.1 Å². The van der Waals surface area contributed by atoms with Crippen molar-refractivity contribution >= 4 is 28.3 Å². The zero-order chi connectivity index (χ0) is 20.2. The summed E-state index contributed by atoms with van der Waals surface area (Å²) < 4.78 is 3.66. The van der Waals surface area contributed by atoms with Gasteiger partial charge in [0.05, 0.1) is 17.3 Å². The van der Waals surface area contributed by atoms with E-state index in [4.69, 9.17) is 11.6 Å². The van der Waals surface area contributed by atoms with Crippen molar-refractivity contribution < 1.29 is 0 Å². The zero-order valence-electron chi connectivity index (χ0n) is 16.3. The second-order valence-corrected chi connectivity index (χ2v) is 8.50. The van der Waals surface area contributed by atoms with Gasteiger partial charge < -0.3 is 0 Å². The SMILES string of the molecule is CC(C)(C)c1ccc(-c2nnc3c4cnn(-c5cccc(Cl)c5)c4ncn23)cc1. The highest BCUT2D eigenvalue weighted by atomic mass is 35.5. The molecule has 0 aliphatic heterocycles. The highest BCUT2D eigenvalue weighted by molar-refractivity contribution is 6.30. The smallest absolute Gasteiger partial charge is 0.175 e. The number of halogens is 1. The molecule has 7 heteroatoms. The Kier molecular flexibility index (Phi) is 3.93. The number of rotatable bonds is 2. The van der Waals surface area contributed by atoms with Crippen molar-refractivity contribution in [3.05, 3.63) is 71.6 Å². The Bertz CT molecular complexity index is 1340. The Morgan fingerprint density at radius 2 is 1.72 bits per heavy atom. The first-order valence-corrected chi connectivity index (χ1v) is 9.74. The van der Waals surface area contributed by atoms with Crippen molar-refractivity contribution in [1.82, 2.24) is 29.4 Å². The average molecular weight is 403 g/mol. The minimum Gasteiger partial charge on any atom is -0.265 e. The van der Waals surface area contributed by atoms with Crippen LogP contribution in [0.15, 0.2) is 61.1 Å². The number of hydrogen-bond acceptors (Lipinski definition) is 4. The molecule has 6 nitrogen and oxygen atoms in total. The summed E-state index contributed by atoms with van der Waals surface area (Å²) in [6.07, 6.45) is 3.51. The van der Waals surface area contributed by atoms with E-state index in [0.29, 0.717) is 10.7 Å². The van der Waals surface area contributed by atoms with E-state index < -0.39 is 0 Å². The maximum atomic E-state index is 6.13. The molecule has 0 unspecified atom stereocenters. The van der Waals surface area contributed by atoms with Gasteiger partial charge in [-0.05, 0) is 29.2 Å². The van der Waals surface area contributed by atoms with Crippen LogP contribution in [0.2, 0.25) is 5.02 Å². The Hall–Kier alpha value is -3.25. The largest absolute Gasteiger partial charge is 0.265 e. The predicted molar refractivity (Wildman–Crippen MR) is 115 cm³/mol. The molecule has 3 aromatic heterocycles. The minimum atomic E-state index is 0.105. The van der Waals surface area contributed by atoms with Crippen molar-refractivity contribution in [1.29, 1.82) is 0 Å². The van der Waals surface area contributed by atoms with Gasteiger partial charge in [-0.15, -0.1) is 10.2 Å².